The van der Waals surface area contributed by atoms with Crippen LogP contribution < -0.4 is 0 Å². The molecule has 0 bridgehead atoms. The van der Waals surface area contributed by atoms with Gasteiger partial charge in [0.25, 0.3) is 0 Å². The van der Waals surface area contributed by atoms with Crippen LogP contribution in [0.5, 0.6) is 0 Å². The molecule has 0 saturated heterocycles. The topological polar surface area (TPSA) is 55.1 Å². The first-order chi connectivity index (χ1) is 9.79. The third kappa shape index (κ3) is 1.74. The molecule has 112 valence electrons. The van der Waals surface area contributed by atoms with Crippen molar-refractivity contribution in [1.29, 1.82) is 0 Å². The summed E-state index contributed by atoms with van der Waals surface area (Å²) < 4.78 is 2.12. The van der Waals surface area contributed by atoms with E-state index in [4.69, 9.17) is 4.98 Å². The zero-order valence-electron chi connectivity index (χ0n) is 13.1. The van der Waals surface area contributed by atoms with Crippen LogP contribution in [-0.2, 0) is 11.8 Å². The second kappa shape index (κ2) is 4.33. The summed E-state index contributed by atoms with van der Waals surface area (Å²) in [7, 11) is 2.02. The average Bonchev–Trinajstić information content (AvgIpc) is 2.87. The Morgan fingerprint density at radius 1 is 1.33 bits per heavy atom. The third-order valence-corrected chi connectivity index (χ3v) is 5.83. The van der Waals surface area contributed by atoms with Gasteiger partial charge in [0.05, 0.1) is 16.4 Å². The van der Waals surface area contributed by atoms with Gasteiger partial charge < -0.3 is 9.67 Å². The molecule has 0 aliphatic heterocycles. The van der Waals surface area contributed by atoms with Crippen LogP contribution in [0.4, 0.5) is 0 Å². The maximum absolute atomic E-state index is 11.7. The summed E-state index contributed by atoms with van der Waals surface area (Å²) in [5, 5.41) is 9.65. The number of rotatable bonds is 2. The number of para-hydroxylation sites is 2. The Hall–Kier alpha value is -1.84. The second-order valence-electron chi connectivity index (χ2n) is 6.97. The summed E-state index contributed by atoms with van der Waals surface area (Å²) in [6.07, 6.45) is 1.57. The molecule has 1 aromatic heterocycles. The normalized spacial score (nSPS) is 28.1. The van der Waals surface area contributed by atoms with Crippen molar-refractivity contribution < 1.29 is 9.90 Å². The molecule has 2 atom stereocenters. The number of aliphatic carboxylic acids is 1. The Balaban J connectivity index is 2.12. The monoisotopic (exact) mass is 286 g/mol. The highest BCUT2D eigenvalue weighted by Gasteiger charge is 2.57. The number of aromatic nitrogens is 2. The van der Waals surface area contributed by atoms with Crippen molar-refractivity contribution in [3.63, 3.8) is 0 Å². The van der Waals surface area contributed by atoms with Crippen LogP contribution in [0.2, 0.25) is 0 Å². The van der Waals surface area contributed by atoms with E-state index in [-0.39, 0.29) is 11.3 Å². The van der Waals surface area contributed by atoms with E-state index in [1.807, 2.05) is 32.2 Å². The Morgan fingerprint density at radius 2 is 2.00 bits per heavy atom. The van der Waals surface area contributed by atoms with E-state index >= 15 is 0 Å². The Bertz CT molecular complexity index is 717. The number of benzene rings is 1. The zero-order chi connectivity index (χ0) is 15.4. The summed E-state index contributed by atoms with van der Waals surface area (Å²) in [4.78, 5) is 16.5. The number of hydrogen-bond donors (Lipinski definition) is 1. The van der Waals surface area contributed by atoms with Gasteiger partial charge in [-0.05, 0) is 37.3 Å². The molecule has 0 amide bonds. The molecule has 1 aromatic carbocycles. The number of aryl methyl sites for hydroxylation is 1. The maximum Gasteiger partial charge on any atom is 0.309 e. The molecule has 21 heavy (non-hydrogen) atoms. The highest BCUT2D eigenvalue weighted by molar-refractivity contribution is 5.77. The van der Waals surface area contributed by atoms with Crippen LogP contribution in [0.25, 0.3) is 11.0 Å². The number of carbonyl (C=O) groups is 1. The molecule has 1 saturated carbocycles. The van der Waals surface area contributed by atoms with Crippen LogP contribution in [0, 0.1) is 10.8 Å². The van der Waals surface area contributed by atoms with Crippen LogP contribution in [0.3, 0.4) is 0 Å². The van der Waals surface area contributed by atoms with Crippen molar-refractivity contribution in [2.45, 2.75) is 39.5 Å². The minimum absolute atomic E-state index is 0.163. The minimum atomic E-state index is -0.700. The van der Waals surface area contributed by atoms with Gasteiger partial charge in [0.1, 0.15) is 5.82 Å². The molecule has 4 heteroatoms. The fraction of sp³-hybridized carbons (Fsp3) is 0.529. The number of carboxylic acids is 1. The average molecular weight is 286 g/mol. The lowest BCUT2D eigenvalue weighted by Crippen LogP contribution is -2.40. The van der Waals surface area contributed by atoms with Crippen LogP contribution >= 0.6 is 0 Å². The molecule has 1 N–H and O–H groups in total. The lowest BCUT2D eigenvalue weighted by molar-refractivity contribution is -0.153. The largest absolute Gasteiger partial charge is 0.481 e. The Kier molecular flexibility index (Phi) is 2.91. The summed E-state index contributed by atoms with van der Waals surface area (Å²) in [5.41, 5.74) is 1.06. The van der Waals surface area contributed by atoms with Gasteiger partial charge in [-0.1, -0.05) is 26.0 Å². The van der Waals surface area contributed by atoms with Gasteiger partial charge >= 0.3 is 5.97 Å². The van der Waals surface area contributed by atoms with E-state index in [0.29, 0.717) is 6.42 Å². The van der Waals surface area contributed by atoms with Crippen molar-refractivity contribution >= 4 is 17.0 Å². The van der Waals surface area contributed by atoms with Gasteiger partial charge in [-0.25, -0.2) is 4.98 Å². The van der Waals surface area contributed by atoms with Crippen molar-refractivity contribution in [2.24, 2.45) is 17.9 Å². The number of imidazole rings is 1. The molecule has 1 aliphatic carbocycles. The van der Waals surface area contributed by atoms with Gasteiger partial charge in [0.15, 0.2) is 0 Å². The molecule has 1 aliphatic rings. The zero-order valence-corrected chi connectivity index (χ0v) is 13.1. The predicted molar refractivity (Wildman–Crippen MR) is 82.2 cm³/mol. The first kappa shape index (κ1) is 14.1. The van der Waals surface area contributed by atoms with E-state index in [9.17, 15) is 9.90 Å². The summed E-state index contributed by atoms with van der Waals surface area (Å²) >= 11 is 0. The fourth-order valence-electron chi connectivity index (χ4n) is 3.81. The Morgan fingerprint density at radius 3 is 2.57 bits per heavy atom. The number of hydrogen-bond acceptors (Lipinski definition) is 2. The lowest BCUT2D eigenvalue weighted by Gasteiger charge is -2.38. The van der Waals surface area contributed by atoms with Gasteiger partial charge in [0.2, 0.25) is 0 Å². The van der Waals surface area contributed by atoms with E-state index < -0.39 is 11.4 Å². The third-order valence-electron chi connectivity index (χ3n) is 5.83. The van der Waals surface area contributed by atoms with E-state index in [0.717, 1.165) is 23.3 Å². The highest BCUT2D eigenvalue weighted by atomic mass is 16.4. The van der Waals surface area contributed by atoms with E-state index in [2.05, 4.69) is 24.5 Å². The fourth-order valence-corrected chi connectivity index (χ4v) is 3.81. The summed E-state index contributed by atoms with van der Waals surface area (Å²) in [6.45, 7) is 6.01. The molecule has 3 rings (SSSR count). The number of fused-ring (bicyclic) bond motifs is 1. The number of nitrogens with zero attached hydrogens (tertiary/aromatic N) is 2. The molecule has 1 heterocycles. The van der Waals surface area contributed by atoms with Gasteiger partial charge in [-0.2, -0.15) is 0 Å². The van der Waals surface area contributed by atoms with Crippen molar-refractivity contribution in [2.75, 3.05) is 0 Å². The lowest BCUT2D eigenvalue weighted by atomic mass is 9.65. The SMILES string of the molecule is Cn1c([C@H]2CC[C@@](C)(C(=O)O)C2(C)C)nc2ccccc21. The quantitative estimate of drug-likeness (QED) is 0.918. The van der Waals surface area contributed by atoms with Crippen molar-refractivity contribution in [1.82, 2.24) is 9.55 Å². The highest BCUT2D eigenvalue weighted by Crippen LogP contribution is 2.59. The maximum atomic E-state index is 11.7. The molecule has 2 aromatic rings. The van der Waals surface area contributed by atoms with Gasteiger partial charge in [-0.15, -0.1) is 0 Å². The molecule has 1 fully saturated rings. The minimum Gasteiger partial charge on any atom is -0.481 e. The summed E-state index contributed by atoms with van der Waals surface area (Å²) in [6, 6.07) is 8.07. The van der Waals surface area contributed by atoms with E-state index in [1.165, 1.54) is 0 Å². The van der Waals surface area contributed by atoms with Gasteiger partial charge in [-0.3, -0.25) is 4.79 Å². The van der Waals surface area contributed by atoms with Crippen LogP contribution in [0.1, 0.15) is 45.4 Å². The number of carboxylic acid groups (broad SMARTS) is 1. The molecular weight excluding hydrogens is 264 g/mol. The first-order valence-electron chi connectivity index (χ1n) is 7.44. The first-order valence-corrected chi connectivity index (χ1v) is 7.44. The van der Waals surface area contributed by atoms with Crippen LogP contribution in [-0.4, -0.2) is 20.6 Å². The summed E-state index contributed by atoms with van der Waals surface area (Å²) in [5.74, 6) is 0.468. The molecule has 0 unspecified atom stereocenters. The molecule has 0 radical (unpaired) electrons. The van der Waals surface area contributed by atoms with Crippen molar-refractivity contribution in [3.05, 3.63) is 30.1 Å². The second-order valence-corrected chi connectivity index (χ2v) is 6.97. The molecule has 0 spiro atoms. The Labute approximate surface area is 124 Å². The molecule has 4 nitrogen and oxygen atoms in total. The van der Waals surface area contributed by atoms with Crippen LogP contribution in [0.15, 0.2) is 24.3 Å². The molecular formula is C17H22N2O2. The predicted octanol–water partition coefficient (Wildman–Crippen LogP) is 3.57. The smallest absolute Gasteiger partial charge is 0.309 e. The standard InChI is InChI=1S/C17H22N2O2/c1-16(2)11(9-10-17(16,3)15(20)21)14-18-12-7-5-6-8-13(12)19(14)4/h5-8,11H,9-10H2,1-4H3,(H,20,21)/t11-,17+/m1/s1. The van der Waals surface area contributed by atoms with Gasteiger partial charge in [0, 0.05) is 13.0 Å². The van der Waals surface area contributed by atoms with E-state index in [1.54, 1.807) is 0 Å². The van der Waals surface area contributed by atoms with Crippen molar-refractivity contribution in [3.8, 4) is 0 Å².